The van der Waals surface area contributed by atoms with Crippen molar-refractivity contribution in [2.75, 3.05) is 6.61 Å². The molecule has 2 unspecified atom stereocenters. The molecule has 4 nitrogen and oxygen atoms in total. The lowest BCUT2D eigenvalue weighted by molar-refractivity contribution is -0.137. The minimum atomic E-state index is -4.60. The van der Waals surface area contributed by atoms with Crippen molar-refractivity contribution in [3.05, 3.63) is 28.8 Å². The van der Waals surface area contributed by atoms with E-state index in [0.717, 1.165) is 6.07 Å². The summed E-state index contributed by atoms with van der Waals surface area (Å²) in [6.45, 7) is 2.93. The molecule has 120 valence electrons. The Balaban J connectivity index is 3.10. The third-order valence-corrected chi connectivity index (χ3v) is 5.07. The summed E-state index contributed by atoms with van der Waals surface area (Å²) in [4.78, 5) is -0.436. The van der Waals surface area contributed by atoms with Gasteiger partial charge in [0.2, 0.25) is 10.0 Å². The highest BCUT2D eigenvalue weighted by atomic mass is 35.5. The molecule has 2 N–H and O–H groups in total. The molecule has 0 bridgehead atoms. The van der Waals surface area contributed by atoms with Gasteiger partial charge in [-0.15, -0.1) is 0 Å². The van der Waals surface area contributed by atoms with Crippen molar-refractivity contribution < 1.29 is 26.7 Å². The fraction of sp³-hybridized carbons (Fsp3) is 0.500. The van der Waals surface area contributed by atoms with Crippen LogP contribution >= 0.6 is 11.6 Å². The number of aliphatic hydroxyl groups excluding tert-OH is 1. The Morgan fingerprint density at radius 2 is 1.90 bits per heavy atom. The maximum atomic E-state index is 12.5. The van der Waals surface area contributed by atoms with E-state index in [0.29, 0.717) is 12.1 Å². The van der Waals surface area contributed by atoms with Crippen LogP contribution < -0.4 is 4.72 Å². The average Bonchev–Trinajstić information content (AvgIpc) is 2.35. The SMILES string of the molecule is CC(CO)C(C)NS(=O)(=O)c1ccc(C(F)(F)F)cc1Cl. The lowest BCUT2D eigenvalue weighted by Crippen LogP contribution is -2.38. The van der Waals surface area contributed by atoms with Crippen LogP contribution in [-0.2, 0) is 16.2 Å². The zero-order valence-electron chi connectivity index (χ0n) is 11.3. The summed E-state index contributed by atoms with van der Waals surface area (Å²) in [6, 6.07) is 1.43. The highest BCUT2D eigenvalue weighted by molar-refractivity contribution is 7.89. The topological polar surface area (TPSA) is 66.4 Å². The van der Waals surface area contributed by atoms with Crippen LogP contribution in [-0.4, -0.2) is 26.2 Å². The molecule has 0 radical (unpaired) electrons. The summed E-state index contributed by atoms with van der Waals surface area (Å²) in [5, 5.41) is 8.45. The first-order valence-corrected chi connectivity index (χ1v) is 7.85. The number of benzene rings is 1. The van der Waals surface area contributed by atoms with E-state index in [1.807, 2.05) is 0 Å². The van der Waals surface area contributed by atoms with Gasteiger partial charge in [0.05, 0.1) is 10.6 Å². The number of nitrogens with one attached hydrogen (secondary N) is 1. The minimum Gasteiger partial charge on any atom is -0.396 e. The molecule has 2 atom stereocenters. The molecule has 21 heavy (non-hydrogen) atoms. The van der Waals surface area contributed by atoms with E-state index in [4.69, 9.17) is 16.7 Å². The first kappa shape index (κ1) is 18.2. The second-order valence-corrected chi connectivity index (χ2v) is 6.80. The first-order valence-electron chi connectivity index (χ1n) is 5.99. The van der Waals surface area contributed by atoms with Gasteiger partial charge in [0.1, 0.15) is 4.90 Å². The second-order valence-electron chi connectivity index (χ2n) is 4.71. The van der Waals surface area contributed by atoms with Crippen LogP contribution in [0.3, 0.4) is 0 Å². The fourth-order valence-corrected chi connectivity index (χ4v) is 3.37. The van der Waals surface area contributed by atoms with Gasteiger partial charge in [-0.2, -0.15) is 13.2 Å². The molecule has 0 fully saturated rings. The molecule has 0 heterocycles. The Bertz CT molecular complexity index is 604. The van der Waals surface area contributed by atoms with Crippen LogP contribution in [0.5, 0.6) is 0 Å². The maximum absolute atomic E-state index is 12.5. The van der Waals surface area contributed by atoms with E-state index < -0.39 is 37.7 Å². The summed E-state index contributed by atoms with van der Waals surface area (Å²) in [5.41, 5.74) is -1.02. The third-order valence-electron chi connectivity index (χ3n) is 3.03. The lowest BCUT2D eigenvalue weighted by atomic mass is 10.1. The second kappa shape index (κ2) is 6.51. The van der Waals surface area contributed by atoms with Gasteiger partial charge < -0.3 is 5.11 Å². The van der Waals surface area contributed by atoms with E-state index >= 15 is 0 Å². The Hall–Kier alpha value is -0.830. The van der Waals surface area contributed by atoms with Crippen molar-refractivity contribution >= 4 is 21.6 Å². The number of alkyl halides is 3. The molecule has 0 spiro atoms. The summed E-state index contributed by atoms with van der Waals surface area (Å²) < 4.78 is 64.0. The molecular formula is C12H15ClF3NO3S. The predicted molar refractivity (Wildman–Crippen MR) is 72.5 cm³/mol. The van der Waals surface area contributed by atoms with Crippen LogP contribution in [0.2, 0.25) is 5.02 Å². The maximum Gasteiger partial charge on any atom is 0.416 e. The molecule has 9 heteroatoms. The van der Waals surface area contributed by atoms with Crippen LogP contribution in [0.15, 0.2) is 23.1 Å². The number of hydrogen-bond donors (Lipinski definition) is 2. The van der Waals surface area contributed by atoms with Crippen molar-refractivity contribution in [3.63, 3.8) is 0 Å². The molecule has 1 aromatic rings. The molecule has 1 aromatic carbocycles. The molecule has 0 aromatic heterocycles. The molecule has 0 amide bonds. The highest BCUT2D eigenvalue weighted by Gasteiger charge is 2.32. The number of rotatable bonds is 5. The van der Waals surface area contributed by atoms with Gasteiger partial charge in [0.25, 0.3) is 0 Å². The summed E-state index contributed by atoms with van der Waals surface area (Å²) in [5.74, 6) is -0.354. The molecule has 0 aliphatic rings. The standard InChI is InChI=1S/C12H15ClF3NO3S/c1-7(6-18)8(2)17-21(19,20)11-4-3-9(5-10(11)13)12(14,15)16/h3-5,7-8,17-18H,6H2,1-2H3. The van der Waals surface area contributed by atoms with E-state index in [1.54, 1.807) is 6.92 Å². The lowest BCUT2D eigenvalue weighted by Gasteiger charge is -2.20. The quantitative estimate of drug-likeness (QED) is 0.862. The Morgan fingerprint density at radius 3 is 2.33 bits per heavy atom. The highest BCUT2D eigenvalue weighted by Crippen LogP contribution is 2.33. The number of aliphatic hydroxyl groups is 1. The van der Waals surface area contributed by atoms with Crippen molar-refractivity contribution in [1.82, 2.24) is 4.72 Å². The van der Waals surface area contributed by atoms with E-state index in [2.05, 4.69) is 4.72 Å². The zero-order valence-corrected chi connectivity index (χ0v) is 12.9. The number of sulfonamides is 1. The van der Waals surface area contributed by atoms with Crippen LogP contribution in [0.1, 0.15) is 19.4 Å². The van der Waals surface area contributed by atoms with Gasteiger partial charge in [0, 0.05) is 12.6 Å². The van der Waals surface area contributed by atoms with Gasteiger partial charge in [0.15, 0.2) is 0 Å². The van der Waals surface area contributed by atoms with Crippen molar-refractivity contribution in [2.24, 2.45) is 5.92 Å². The van der Waals surface area contributed by atoms with Crippen LogP contribution in [0.4, 0.5) is 13.2 Å². The van der Waals surface area contributed by atoms with Gasteiger partial charge in [-0.05, 0) is 31.0 Å². The molecule has 0 saturated carbocycles. The number of halogens is 4. The smallest absolute Gasteiger partial charge is 0.396 e. The molecule has 0 aliphatic carbocycles. The summed E-state index contributed by atoms with van der Waals surface area (Å²) in [6.07, 6.45) is -4.60. The van der Waals surface area contributed by atoms with E-state index in [9.17, 15) is 21.6 Å². The predicted octanol–water partition coefficient (Wildman–Crippen LogP) is 2.65. The van der Waals surface area contributed by atoms with Crippen LogP contribution in [0, 0.1) is 5.92 Å². The van der Waals surface area contributed by atoms with Crippen LogP contribution in [0.25, 0.3) is 0 Å². The molecule has 0 saturated heterocycles. The normalized spacial score (nSPS) is 15.8. The van der Waals surface area contributed by atoms with Gasteiger partial charge in [-0.3, -0.25) is 0 Å². The third kappa shape index (κ3) is 4.57. The van der Waals surface area contributed by atoms with Gasteiger partial charge in [-0.1, -0.05) is 18.5 Å². The Morgan fingerprint density at radius 1 is 1.33 bits per heavy atom. The number of hydrogen-bond acceptors (Lipinski definition) is 3. The summed E-state index contributed by atoms with van der Waals surface area (Å²) in [7, 11) is -4.07. The Kier molecular flexibility index (Phi) is 5.65. The Labute approximate surface area is 126 Å². The average molecular weight is 346 g/mol. The molecule has 1 rings (SSSR count). The summed E-state index contributed by atoms with van der Waals surface area (Å²) >= 11 is 5.65. The molecule has 0 aliphatic heterocycles. The fourth-order valence-electron chi connectivity index (χ4n) is 1.48. The zero-order chi connectivity index (χ0) is 16.4. The van der Waals surface area contributed by atoms with Gasteiger partial charge in [-0.25, -0.2) is 13.1 Å². The van der Waals surface area contributed by atoms with Crippen molar-refractivity contribution in [1.29, 1.82) is 0 Å². The first-order chi connectivity index (χ1) is 9.49. The van der Waals surface area contributed by atoms with Gasteiger partial charge >= 0.3 is 6.18 Å². The van der Waals surface area contributed by atoms with E-state index in [-0.39, 0.29) is 12.5 Å². The monoisotopic (exact) mass is 345 g/mol. The van der Waals surface area contributed by atoms with E-state index in [1.165, 1.54) is 6.92 Å². The van der Waals surface area contributed by atoms with Crippen molar-refractivity contribution in [3.8, 4) is 0 Å². The largest absolute Gasteiger partial charge is 0.416 e. The minimum absolute atomic E-state index is 0.232. The molecular weight excluding hydrogens is 331 g/mol. The van der Waals surface area contributed by atoms with Crippen molar-refractivity contribution in [2.45, 2.75) is 31.0 Å².